The number of nitrogens with one attached hydrogen (secondary N) is 1. The van der Waals surface area contributed by atoms with Crippen LogP contribution in [0.5, 0.6) is 0 Å². The molecule has 0 unspecified atom stereocenters. The molecule has 0 aromatic rings. The van der Waals surface area contributed by atoms with Gasteiger partial charge in [0.2, 0.25) is 17.7 Å². The number of carbonyl (C=O) groups is 4. The summed E-state index contributed by atoms with van der Waals surface area (Å²) in [4.78, 5) is 45.6. The molecule has 0 saturated carbocycles. The van der Waals surface area contributed by atoms with Gasteiger partial charge in [0.25, 0.3) is 0 Å². The number of rotatable bonds is 7. The molecule has 3 N–H and O–H groups in total. The molecular weight excluding hydrogens is 226 g/mol. The lowest BCUT2D eigenvalue weighted by Crippen LogP contribution is -2.43. The van der Waals surface area contributed by atoms with E-state index < -0.39 is 24.1 Å². The van der Waals surface area contributed by atoms with Gasteiger partial charge in [-0.1, -0.05) is 6.92 Å². The highest BCUT2D eigenvalue weighted by Crippen LogP contribution is 1.96. The Morgan fingerprint density at radius 2 is 1.76 bits per heavy atom. The molecule has 7 heteroatoms. The summed E-state index contributed by atoms with van der Waals surface area (Å²) in [7, 11) is 1.42. The highest BCUT2D eigenvalue weighted by atomic mass is 16.2. The average Bonchev–Trinajstić information content (AvgIpc) is 2.26. The predicted octanol–water partition coefficient (Wildman–Crippen LogP) is -1.58. The Labute approximate surface area is 99.3 Å². The quantitative estimate of drug-likeness (QED) is 0.525. The Morgan fingerprint density at radius 1 is 1.18 bits per heavy atom. The first kappa shape index (κ1) is 15.1. The number of nitrogens with two attached hydrogens (primary N) is 1. The first-order valence-corrected chi connectivity index (χ1v) is 5.19. The smallest absolute Gasteiger partial charge is 0.239 e. The SMILES string of the molecule is CCC(=O)CN(CC(=O)NC)C(=O)CC(N)=O. The molecule has 0 radical (unpaired) electrons. The van der Waals surface area contributed by atoms with Crippen molar-refractivity contribution in [2.24, 2.45) is 5.73 Å². The van der Waals surface area contributed by atoms with Crippen LogP contribution in [0, 0.1) is 0 Å². The second-order valence-electron chi connectivity index (χ2n) is 3.46. The zero-order chi connectivity index (χ0) is 13.4. The van der Waals surface area contributed by atoms with Crippen LogP contribution < -0.4 is 11.1 Å². The van der Waals surface area contributed by atoms with E-state index in [9.17, 15) is 19.2 Å². The number of nitrogens with zero attached hydrogens (tertiary/aromatic N) is 1. The van der Waals surface area contributed by atoms with E-state index in [1.807, 2.05) is 0 Å². The van der Waals surface area contributed by atoms with Gasteiger partial charge in [-0.15, -0.1) is 0 Å². The van der Waals surface area contributed by atoms with Gasteiger partial charge in [0.05, 0.1) is 13.1 Å². The van der Waals surface area contributed by atoms with Crippen molar-refractivity contribution in [2.75, 3.05) is 20.1 Å². The van der Waals surface area contributed by atoms with E-state index in [1.54, 1.807) is 6.92 Å². The van der Waals surface area contributed by atoms with Gasteiger partial charge in [-0.3, -0.25) is 19.2 Å². The highest BCUT2D eigenvalue weighted by molar-refractivity contribution is 5.99. The molecular formula is C10H17N3O4. The molecule has 0 atom stereocenters. The van der Waals surface area contributed by atoms with Crippen LogP contribution in [0.3, 0.4) is 0 Å². The Balaban J connectivity index is 4.59. The van der Waals surface area contributed by atoms with Crippen LogP contribution in [-0.4, -0.2) is 48.5 Å². The minimum atomic E-state index is -0.791. The van der Waals surface area contributed by atoms with Crippen molar-refractivity contribution in [3.63, 3.8) is 0 Å². The van der Waals surface area contributed by atoms with Gasteiger partial charge in [0, 0.05) is 13.5 Å². The van der Waals surface area contributed by atoms with Gasteiger partial charge >= 0.3 is 0 Å². The van der Waals surface area contributed by atoms with Crippen LogP contribution in [0.4, 0.5) is 0 Å². The van der Waals surface area contributed by atoms with E-state index >= 15 is 0 Å². The third-order valence-corrected chi connectivity index (χ3v) is 2.05. The molecule has 0 rings (SSSR count). The molecule has 96 valence electrons. The van der Waals surface area contributed by atoms with E-state index in [0.717, 1.165) is 4.90 Å². The number of hydrogen-bond donors (Lipinski definition) is 2. The number of hydrogen-bond acceptors (Lipinski definition) is 4. The molecule has 0 heterocycles. The first-order chi connectivity index (χ1) is 7.90. The molecule has 0 aromatic carbocycles. The Morgan fingerprint density at radius 3 is 2.18 bits per heavy atom. The van der Waals surface area contributed by atoms with Crippen molar-refractivity contribution in [1.29, 1.82) is 0 Å². The lowest BCUT2D eigenvalue weighted by atomic mass is 10.2. The summed E-state index contributed by atoms with van der Waals surface area (Å²) in [6.07, 6.45) is -0.248. The summed E-state index contributed by atoms with van der Waals surface area (Å²) in [5, 5.41) is 2.33. The minimum absolute atomic E-state index is 0.184. The largest absolute Gasteiger partial charge is 0.369 e. The summed E-state index contributed by atoms with van der Waals surface area (Å²) in [5.74, 6) is -2.01. The van der Waals surface area contributed by atoms with Gasteiger partial charge < -0.3 is 16.0 Å². The van der Waals surface area contributed by atoms with Gasteiger partial charge in [0.1, 0.15) is 6.42 Å². The van der Waals surface area contributed by atoms with Gasteiger partial charge in [0.15, 0.2) is 5.78 Å². The van der Waals surface area contributed by atoms with Crippen LogP contribution >= 0.6 is 0 Å². The van der Waals surface area contributed by atoms with E-state index in [4.69, 9.17) is 5.73 Å². The minimum Gasteiger partial charge on any atom is -0.369 e. The zero-order valence-electron chi connectivity index (χ0n) is 9.99. The van der Waals surface area contributed by atoms with E-state index in [-0.39, 0.29) is 25.3 Å². The number of carbonyl (C=O) groups excluding carboxylic acids is 4. The summed E-state index contributed by atoms with van der Waals surface area (Å²) in [5.41, 5.74) is 4.89. The maximum atomic E-state index is 11.5. The summed E-state index contributed by atoms with van der Waals surface area (Å²) in [6, 6.07) is 0. The van der Waals surface area contributed by atoms with Crippen LogP contribution in [-0.2, 0) is 19.2 Å². The van der Waals surface area contributed by atoms with Crippen molar-refractivity contribution in [1.82, 2.24) is 10.2 Å². The van der Waals surface area contributed by atoms with E-state index in [2.05, 4.69) is 5.32 Å². The first-order valence-electron chi connectivity index (χ1n) is 5.19. The molecule has 0 saturated heterocycles. The van der Waals surface area contributed by atoms with Crippen molar-refractivity contribution in [3.05, 3.63) is 0 Å². The number of ketones is 1. The number of likely N-dealkylation sites (N-methyl/N-ethyl adjacent to an activating group) is 1. The molecule has 3 amide bonds. The van der Waals surface area contributed by atoms with Gasteiger partial charge in [-0.2, -0.15) is 0 Å². The fourth-order valence-electron chi connectivity index (χ4n) is 1.07. The van der Waals surface area contributed by atoms with Crippen molar-refractivity contribution >= 4 is 23.5 Å². The summed E-state index contributed by atoms with van der Waals surface area (Å²) < 4.78 is 0. The van der Waals surface area contributed by atoms with Gasteiger partial charge in [-0.05, 0) is 0 Å². The lowest BCUT2D eigenvalue weighted by molar-refractivity contribution is -0.141. The third-order valence-electron chi connectivity index (χ3n) is 2.05. The fraction of sp³-hybridized carbons (Fsp3) is 0.600. The number of Topliss-reactive ketones (excluding diaryl/α,β-unsaturated/α-hetero) is 1. The van der Waals surface area contributed by atoms with Crippen molar-refractivity contribution in [3.8, 4) is 0 Å². The topological polar surface area (TPSA) is 110 Å². The molecule has 0 spiro atoms. The van der Waals surface area contributed by atoms with Crippen LogP contribution in [0.15, 0.2) is 0 Å². The molecule has 17 heavy (non-hydrogen) atoms. The van der Waals surface area contributed by atoms with Crippen LogP contribution in [0.1, 0.15) is 19.8 Å². The Bertz CT molecular complexity index is 310. The molecule has 0 aliphatic heterocycles. The second kappa shape index (κ2) is 7.37. The predicted molar refractivity (Wildman–Crippen MR) is 59.8 cm³/mol. The van der Waals surface area contributed by atoms with Gasteiger partial charge in [-0.25, -0.2) is 0 Å². The Kier molecular flexibility index (Phi) is 6.54. The molecule has 0 aromatic heterocycles. The summed E-state index contributed by atoms with van der Waals surface area (Å²) in [6.45, 7) is 1.21. The van der Waals surface area contributed by atoms with Crippen molar-refractivity contribution < 1.29 is 19.2 Å². The second-order valence-corrected chi connectivity index (χ2v) is 3.46. The molecule has 0 bridgehead atoms. The number of primary amides is 1. The molecule has 0 aliphatic rings. The normalized spacial score (nSPS) is 9.53. The monoisotopic (exact) mass is 243 g/mol. The van der Waals surface area contributed by atoms with Crippen molar-refractivity contribution in [2.45, 2.75) is 19.8 Å². The molecule has 7 nitrogen and oxygen atoms in total. The Hall–Kier alpha value is -1.92. The van der Waals surface area contributed by atoms with Crippen LogP contribution in [0.2, 0.25) is 0 Å². The number of amides is 3. The maximum Gasteiger partial charge on any atom is 0.239 e. The highest BCUT2D eigenvalue weighted by Gasteiger charge is 2.20. The molecule has 0 fully saturated rings. The molecule has 0 aliphatic carbocycles. The fourth-order valence-corrected chi connectivity index (χ4v) is 1.07. The maximum absolute atomic E-state index is 11.5. The lowest BCUT2D eigenvalue weighted by Gasteiger charge is -2.20. The van der Waals surface area contributed by atoms with E-state index in [0.29, 0.717) is 0 Å². The van der Waals surface area contributed by atoms with E-state index in [1.165, 1.54) is 7.05 Å². The zero-order valence-corrected chi connectivity index (χ0v) is 9.99. The standard InChI is InChI=1S/C10H17N3O4/c1-3-7(14)5-13(6-9(16)12-2)10(17)4-8(11)15/h3-6H2,1-2H3,(H2,11,15)(H,12,16). The summed E-state index contributed by atoms with van der Waals surface area (Å²) >= 11 is 0. The third kappa shape index (κ3) is 6.29. The van der Waals surface area contributed by atoms with Crippen LogP contribution in [0.25, 0.3) is 0 Å². The average molecular weight is 243 g/mol.